The molecule has 0 fully saturated rings. The van der Waals surface area contributed by atoms with Crippen LogP contribution in [0.25, 0.3) is 0 Å². The summed E-state index contributed by atoms with van der Waals surface area (Å²) in [5.74, 6) is -0.307. The molecule has 1 heterocycles. The number of hydrogen-bond acceptors (Lipinski definition) is 4. The highest BCUT2D eigenvalue weighted by Crippen LogP contribution is 2.09. The highest BCUT2D eigenvalue weighted by molar-refractivity contribution is 6.30. The summed E-state index contributed by atoms with van der Waals surface area (Å²) >= 11 is 5.63. The number of amides is 1. The van der Waals surface area contributed by atoms with Crippen molar-refractivity contribution < 1.29 is 14.3 Å². The van der Waals surface area contributed by atoms with E-state index in [0.717, 1.165) is 0 Å². The van der Waals surface area contributed by atoms with Crippen LogP contribution in [0.15, 0.2) is 18.3 Å². The molecule has 0 aliphatic heterocycles. The van der Waals surface area contributed by atoms with Gasteiger partial charge in [-0.15, -0.1) is 0 Å². The lowest BCUT2D eigenvalue weighted by atomic mass is 10.3. The van der Waals surface area contributed by atoms with Crippen LogP contribution in [0.1, 0.15) is 12.8 Å². The molecule has 0 saturated carbocycles. The molecule has 0 aromatic carbocycles. The molecule has 6 heteroatoms. The van der Waals surface area contributed by atoms with Crippen LogP contribution in [-0.4, -0.2) is 24.0 Å². The molecule has 0 aliphatic carbocycles. The van der Waals surface area contributed by atoms with Gasteiger partial charge in [-0.2, -0.15) is 0 Å². The number of pyridine rings is 1. The Morgan fingerprint density at radius 1 is 1.44 bits per heavy atom. The SMILES string of the molecule is COC(=O)CCC(=O)Nc1ccc(Cl)cn1. The van der Waals surface area contributed by atoms with E-state index < -0.39 is 5.97 Å². The smallest absolute Gasteiger partial charge is 0.306 e. The maximum absolute atomic E-state index is 11.3. The first-order valence-corrected chi connectivity index (χ1v) is 4.98. The number of rotatable bonds is 4. The van der Waals surface area contributed by atoms with Crippen LogP contribution in [0.2, 0.25) is 5.02 Å². The highest BCUT2D eigenvalue weighted by Gasteiger charge is 2.07. The van der Waals surface area contributed by atoms with Gasteiger partial charge >= 0.3 is 5.97 Å². The van der Waals surface area contributed by atoms with Crippen molar-refractivity contribution in [2.45, 2.75) is 12.8 Å². The van der Waals surface area contributed by atoms with E-state index in [1.165, 1.54) is 13.3 Å². The van der Waals surface area contributed by atoms with E-state index in [1.807, 2.05) is 0 Å². The maximum atomic E-state index is 11.3. The fraction of sp³-hybridized carbons (Fsp3) is 0.300. The standard InChI is InChI=1S/C10H11ClN2O3/c1-16-10(15)5-4-9(14)13-8-3-2-7(11)6-12-8/h2-3,6H,4-5H2,1H3,(H,12,13,14). The van der Waals surface area contributed by atoms with Crippen molar-refractivity contribution in [2.24, 2.45) is 0 Å². The van der Waals surface area contributed by atoms with Crippen LogP contribution in [0.4, 0.5) is 5.82 Å². The number of halogens is 1. The first-order chi connectivity index (χ1) is 7.61. The lowest BCUT2D eigenvalue weighted by Crippen LogP contribution is -2.14. The lowest BCUT2D eigenvalue weighted by molar-refractivity contribution is -0.141. The molecule has 16 heavy (non-hydrogen) atoms. The fourth-order valence-corrected chi connectivity index (χ4v) is 1.08. The molecule has 0 bridgehead atoms. The molecule has 0 aliphatic rings. The van der Waals surface area contributed by atoms with Crippen molar-refractivity contribution in [2.75, 3.05) is 12.4 Å². The fourth-order valence-electron chi connectivity index (χ4n) is 0.973. The van der Waals surface area contributed by atoms with Crippen molar-refractivity contribution in [1.82, 2.24) is 4.98 Å². The van der Waals surface area contributed by atoms with Crippen LogP contribution in [0.3, 0.4) is 0 Å². The molecular weight excluding hydrogens is 232 g/mol. The van der Waals surface area contributed by atoms with Gasteiger partial charge in [0.15, 0.2) is 0 Å². The van der Waals surface area contributed by atoms with E-state index in [4.69, 9.17) is 11.6 Å². The van der Waals surface area contributed by atoms with Crippen LogP contribution in [0, 0.1) is 0 Å². The molecule has 5 nitrogen and oxygen atoms in total. The van der Waals surface area contributed by atoms with Crippen molar-refractivity contribution in [3.8, 4) is 0 Å². The molecule has 1 aromatic rings. The van der Waals surface area contributed by atoms with Gasteiger partial charge in [0.1, 0.15) is 5.82 Å². The van der Waals surface area contributed by atoms with Gasteiger partial charge in [-0.1, -0.05) is 11.6 Å². The average molecular weight is 243 g/mol. The summed E-state index contributed by atoms with van der Waals surface area (Å²) in [6, 6.07) is 3.20. The number of carbonyl (C=O) groups is 2. The van der Waals surface area contributed by atoms with Gasteiger partial charge in [-0.25, -0.2) is 4.98 Å². The topological polar surface area (TPSA) is 68.3 Å². The Morgan fingerprint density at radius 2 is 2.19 bits per heavy atom. The predicted molar refractivity (Wildman–Crippen MR) is 59.1 cm³/mol. The van der Waals surface area contributed by atoms with Crippen molar-refractivity contribution in [3.63, 3.8) is 0 Å². The second kappa shape index (κ2) is 6.07. The molecule has 0 unspecified atom stereocenters. The molecule has 0 spiro atoms. The Balaban J connectivity index is 2.40. The van der Waals surface area contributed by atoms with E-state index in [2.05, 4.69) is 15.0 Å². The number of methoxy groups -OCH3 is 1. The number of carbonyl (C=O) groups excluding carboxylic acids is 2. The minimum atomic E-state index is -0.417. The minimum absolute atomic E-state index is 0.0515. The number of esters is 1. The zero-order valence-corrected chi connectivity index (χ0v) is 9.45. The molecule has 1 rings (SSSR count). The predicted octanol–water partition coefficient (Wildman–Crippen LogP) is 1.63. The number of aromatic nitrogens is 1. The second-order valence-corrected chi connectivity index (χ2v) is 3.42. The molecular formula is C10H11ClN2O3. The highest BCUT2D eigenvalue weighted by atomic mass is 35.5. The first kappa shape index (κ1) is 12.4. The Morgan fingerprint density at radius 3 is 2.75 bits per heavy atom. The lowest BCUT2D eigenvalue weighted by Gasteiger charge is -2.03. The Hall–Kier alpha value is -1.62. The summed E-state index contributed by atoms with van der Waals surface area (Å²) < 4.78 is 4.41. The third kappa shape index (κ3) is 4.27. The van der Waals surface area contributed by atoms with Crippen LogP contribution in [-0.2, 0) is 14.3 Å². The molecule has 86 valence electrons. The van der Waals surface area contributed by atoms with E-state index in [1.54, 1.807) is 12.1 Å². The molecule has 1 amide bonds. The van der Waals surface area contributed by atoms with Gasteiger partial charge in [-0.3, -0.25) is 9.59 Å². The molecule has 1 N–H and O–H groups in total. The molecule has 1 aromatic heterocycles. The zero-order chi connectivity index (χ0) is 12.0. The Labute approximate surface area is 97.8 Å². The monoisotopic (exact) mass is 242 g/mol. The van der Waals surface area contributed by atoms with Gasteiger partial charge in [0.25, 0.3) is 0 Å². The van der Waals surface area contributed by atoms with Gasteiger partial charge in [0, 0.05) is 12.6 Å². The van der Waals surface area contributed by atoms with Crippen LogP contribution >= 0.6 is 11.6 Å². The summed E-state index contributed by atoms with van der Waals surface area (Å²) in [6.07, 6.45) is 1.55. The van der Waals surface area contributed by atoms with Crippen molar-refractivity contribution >= 4 is 29.3 Å². The average Bonchev–Trinajstić information content (AvgIpc) is 2.29. The molecule has 0 saturated heterocycles. The summed E-state index contributed by atoms with van der Waals surface area (Å²) in [5, 5.41) is 3.03. The maximum Gasteiger partial charge on any atom is 0.306 e. The largest absolute Gasteiger partial charge is 0.469 e. The van der Waals surface area contributed by atoms with Gasteiger partial charge in [0.05, 0.1) is 18.6 Å². The summed E-state index contributed by atoms with van der Waals surface area (Å²) in [7, 11) is 1.28. The Bertz CT molecular complexity index is 378. The number of anilines is 1. The summed E-state index contributed by atoms with van der Waals surface area (Å²) in [4.78, 5) is 26.0. The number of nitrogens with zero attached hydrogens (tertiary/aromatic N) is 1. The Kier molecular flexibility index (Phi) is 4.72. The third-order valence-electron chi connectivity index (χ3n) is 1.78. The third-order valence-corrected chi connectivity index (χ3v) is 2.00. The van der Waals surface area contributed by atoms with Gasteiger partial charge < -0.3 is 10.1 Å². The molecule has 0 atom stereocenters. The zero-order valence-electron chi connectivity index (χ0n) is 8.70. The van der Waals surface area contributed by atoms with Crippen LogP contribution in [0.5, 0.6) is 0 Å². The number of ether oxygens (including phenoxy) is 1. The second-order valence-electron chi connectivity index (χ2n) is 2.99. The normalized spacial score (nSPS) is 9.62. The summed E-state index contributed by atoms with van der Waals surface area (Å²) in [6.45, 7) is 0. The minimum Gasteiger partial charge on any atom is -0.469 e. The van der Waals surface area contributed by atoms with Crippen molar-refractivity contribution in [1.29, 1.82) is 0 Å². The van der Waals surface area contributed by atoms with Crippen LogP contribution < -0.4 is 5.32 Å². The van der Waals surface area contributed by atoms with E-state index >= 15 is 0 Å². The van der Waals surface area contributed by atoms with Gasteiger partial charge in [-0.05, 0) is 12.1 Å². The summed E-state index contributed by atoms with van der Waals surface area (Å²) in [5.41, 5.74) is 0. The van der Waals surface area contributed by atoms with E-state index in [-0.39, 0.29) is 18.7 Å². The first-order valence-electron chi connectivity index (χ1n) is 4.60. The number of nitrogens with one attached hydrogen (secondary N) is 1. The van der Waals surface area contributed by atoms with E-state index in [0.29, 0.717) is 10.8 Å². The molecule has 0 radical (unpaired) electrons. The van der Waals surface area contributed by atoms with Gasteiger partial charge in [0.2, 0.25) is 5.91 Å². The van der Waals surface area contributed by atoms with E-state index in [9.17, 15) is 9.59 Å². The quantitative estimate of drug-likeness (QED) is 0.815. The van der Waals surface area contributed by atoms with Crippen molar-refractivity contribution in [3.05, 3.63) is 23.4 Å². The number of hydrogen-bond donors (Lipinski definition) is 1.